The normalized spacial score (nSPS) is 11.8. The first kappa shape index (κ1) is 18.3. The molecule has 0 aliphatic carbocycles. The molecule has 9 heteroatoms. The Kier molecular flexibility index (Phi) is 5.96. The van der Waals surface area contributed by atoms with Gasteiger partial charge in [0.25, 0.3) is 11.6 Å². The summed E-state index contributed by atoms with van der Waals surface area (Å²) < 4.78 is 28.6. The summed E-state index contributed by atoms with van der Waals surface area (Å²) in [6, 6.07) is 10.5. The van der Waals surface area contributed by atoms with Gasteiger partial charge in [0.15, 0.2) is 0 Å². The van der Waals surface area contributed by atoms with E-state index in [4.69, 9.17) is 0 Å². The fourth-order valence-corrected chi connectivity index (χ4v) is 2.04. The van der Waals surface area contributed by atoms with Gasteiger partial charge in [0.1, 0.15) is 5.75 Å². The molecule has 25 heavy (non-hydrogen) atoms. The Bertz CT molecular complexity index is 752. The van der Waals surface area contributed by atoms with Crippen molar-refractivity contribution in [1.29, 1.82) is 0 Å². The van der Waals surface area contributed by atoms with E-state index in [0.29, 0.717) is 5.56 Å². The number of nitrogens with zero attached hydrogens (tertiary/aromatic N) is 1. The number of nitro groups is 1. The van der Waals surface area contributed by atoms with Crippen molar-refractivity contribution in [3.63, 3.8) is 0 Å². The average Bonchev–Trinajstić information content (AvgIpc) is 2.59. The quantitative estimate of drug-likeness (QED) is 0.589. The number of amides is 1. The SMILES string of the molecule is O=C(NC[C@H](O)c1ccc([N+](=O)[O-])cc1)c1cccc(OC(F)F)c1. The number of ether oxygens (including phenoxy) is 1. The third-order valence-corrected chi connectivity index (χ3v) is 3.27. The predicted molar refractivity (Wildman–Crippen MR) is 83.5 cm³/mol. The van der Waals surface area contributed by atoms with Crippen LogP contribution in [0.1, 0.15) is 22.0 Å². The van der Waals surface area contributed by atoms with Crippen molar-refractivity contribution in [3.8, 4) is 5.75 Å². The van der Waals surface area contributed by atoms with E-state index in [1.165, 1.54) is 42.5 Å². The molecule has 0 spiro atoms. The van der Waals surface area contributed by atoms with E-state index in [0.717, 1.165) is 6.07 Å². The van der Waals surface area contributed by atoms with Gasteiger partial charge in [-0.15, -0.1) is 0 Å². The van der Waals surface area contributed by atoms with Gasteiger partial charge in [-0.2, -0.15) is 8.78 Å². The Morgan fingerprint density at radius 3 is 2.52 bits per heavy atom. The molecular formula is C16H14F2N2O5. The van der Waals surface area contributed by atoms with Crippen LogP contribution in [0.2, 0.25) is 0 Å². The van der Waals surface area contributed by atoms with Gasteiger partial charge in [-0.1, -0.05) is 6.07 Å². The largest absolute Gasteiger partial charge is 0.435 e. The Labute approximate surface area is 141 Å². The summed E-state index contributed by atoms with van der Waals surface area (Å²) in [4.78, 5) is 22.0. The summed E-state index contributed by atoms with van der Waals surface area (Å²) >= 11 is 0. The first-order chi connectivity index (χ1) is 11.9. The number of rotatable bonds is 7. The number of nitro benzene ring substituents is 1. The number of aliphatic hydroxyl groups excluding tert-OH is 1. The molecule has 0 radical (unpaired) electrons. The lowest BCUT2D eigenvalue weighted by atomic mass is 10.1. The van der Waals surface area contributed by atoms with Gasteiger partial charge in [-0.05, 0) is 35.9 Å². The smallest absolute Gasteiger partial charge is 0.387 e. The van der Waals surface area contributed by atoms with Gasteiger partial charge in [-0.3, -0.25) is 14.9 Å². The third kappa shape index (κ3) is 5.21. The Balaban J connectivity index is 1.95. The second kappa shape index (κ2) is 8.15. The first-order valence-electron chi connectivity index (χ1n) is 7.12. The van der Waals surface area contributed by atoms with Crippen LogP contribution in [0.15, 0.2) is 48.5 Å². The molecule has 0 aliphatic heterocycles. The number of hydrogen-bond acceptors (Lipinski definition) is 5. The second-order valence-electron chi connectivity index (χ2n) is 4.98. The van der Waals surface area contributed by atoms with Crippen LogP contribution >= 0.6 is 0 Å². The van der Waals surface area contributed by atoms with Crippen LogP contribution in [0.4, 0.5) is 14.5 Å². The molecule has 2 N–H and O–H groups in total. The molecule has 0 saturated heterocycles. The van der Waals surface area contributed by atoms with Crippen molar-refractivity contribution in [2.45, 2.75) is 12.7 Å². The number of nitrogens with one attached hydrogen (secondary N) is 1. The zero-order valence-corrected chi connectivity index (χ0v) is 12.8. The molecule has 0 bridgehead atoms. The number of benzene rings is 2. The summed E-state index contributed by atoms with van der Waals surface area (Å²) in [5, 5.41) is 23.0. The lowest BCUT2D eigenvalue weighted by molar-refractivity contribution is -0.384. The van der Waals surface area contributed by atoms with Crippen molar-refractivity contribution in [1.82, 2.24) is 5.32 Å². The summed E-state index contributed by atoms with van der Waals surface area (Å²) in [5.74, 6) is -0.737. The van der Waals surface area contributed by atoms with Crippen LogP contribution in [0.25, 0.3) is 0 Å². The third-order valence-electron chi connectivity index (χ3n) is 3.27. The van der Waals surface area contributed by atoms with E-state index in [2.05, 4.69) is 10.1 Å². The van der Waals surface area contributed by atoms with E-state index in [9.17, 15) is 28.8 Å². The van der Waals surface area contributed by atoms with Crippen LogP contribution in [0.3, 0.4) is 0 Å². The van der Waals surface area contributed by atoms with E-state index in [-0.39, 0.29) is 23.5 Å². The minimum atomic E-state index is -3.00. The molecule has 0 fully saturated rings. The number of carbonyl (C=O) groups excluding carboxylic acids is 1. The van der Waals surface area contributed by atoms with Crippen LogP contribution in [-0.4, -0.2) is 29.1 Å². The minimum absolute atomic E-state index is 0.0917. The monoisotopic (exact) mass is 352 g/mol. The van der Waals surface area contributed by atoms with Crippen LogP contribution in [0, 0.1) is 10.1 Å². The highest BCUT2D eigenvalue weighted by Gasteiger charge is 2.14. The number of halogens is 2. The zero-order chi connectivity index (χ0) is 18.4. The molecule has 1 amide bonds. The fourth-order valence-electron chi connectivity index (χ4n) is 2.04. The number of aliphatic hydroxyl groups is 1. The summed E-state index contributed by atoms with van der Waals surface area (Å²) in [6.45, 7) is -3.15. The Hall–Kier alpha value is -3.07. The molecule has 2 aromatic rings. The summed E-state index contributed by atoms with van der Waals surface area (Å²) in [7, 11) is 0. The van der Waals surface area contributed by atoms with Crippen molar-refractivity contribution in [2.75, 3.05) is 6.54 Å². The van der Waals surface area contributed by atoms with Crippen molar-refractivity contribution < 1.29 is 28.3 Å². The van der Waals surface area contributed by atoms with Crippen molar-refractivity contribution >= 4 is 11.6 Å². The Morgan fingerprint density at radius 1 is 1.24 bits per heavy atom. The molecule has 1 atom stereocenters. The molecule has 0 aromatic heterocycles. The Morgan fingerprint density at radius 2 is 1.92 bits per heavy atom. The minimum Gasteiger partial charge on any atom is -0.435 e. The number of carbonyl (C=O) groups is 1. The molecule has 0 aliphatic rings. The van der Waals surface area contributed by atoms with E-state index >= 15 is 0 Å². The zero-order valence-electron chi connectivity index (χ0n) is 12.8. The van der Waals surface area contributed by atoms with Gasteiger partial charge in [0, 0.05) is 24.2 Å². The maximum atomic E-state index is 12.2. The summed E-state index contributed by atoms with van der Waals surface area (Å²) in [5.41, 5.74) is 0.366. The van der Waals surface area contributed by atoms with Gasteiger partial charge >= 0.3 is 6.61 Å². The number of alkyl halides is 2. The summed E-state index contributed by atoms with van der Waals surface area (Å²) in [6.07, 6.45) is -1.08. The molecule has 0 saturated carbocycles. The molecule has 0 heterocycles. The molecule has 7 nitrogen and oxygen atoms in total. The number of non-ortho nitro benzene ring substituents is 1. The fraction of sp³-hybridized carbons (Fsp3) is 0.188. The van der Waals surface area contributed by atoms with Crippen LogP contribution in [0.5, 0.6) is 5.75 Å². The van der Waals surface area contributed by atoms with Crippen molar-refractivity contribution in [3.05, 3.63) is 69.8 Å². The highest BCUT2D eigenvalue weighted by atomic mass is 19.3. The van der Waals surface area contributed by atoms with Gasteiger partial charge in [0.05, 0.1) is 11.0 Å². The maximum absolute atomic E-state index is 12.2. The van der Waals surface area contributed by atoms with E-state index in [1.54, 1.807) is 0 Å². The standard InChI is InChI=1S/C16H14F2N2O5/c17-16(18)25-13-3-1-2-11(8-13)15(22)19-9-14(21)10-4-6-12(7-5-10)20(23)24/h1-8,14,16,21H,9H2,(H,19,22)/t14-/m0/s1. The number of hydrogen-bond donors (Lipinski definition) is 2. The molecule has 132 valence electrons. The van der Waals surface area contributed by atoms with Crippen LogP contribution in [-0.2, 0) is 0 Å². The van der Waals surface area contributed by atoms with E-state index in [1.807, 2.05) is 0 Å². The van der Waals surface area contributed by atoms with Gasteiger partial charge in [-0.25, -0.2) is 0 Å². The lowest BCUT2D eigenvalue weighted by Gasteiger charge is -2.12. The van der Waals surface area contributed by atoms with Crippen LogP contribution < -0.4 is 10.1 Å². The highest BCUT2D eigenvalue weighted by Crippen LogP contribution is 2.18. The topological polar surface area (TPSA) is 102 Å². The lowest BCUT2D eigenvalue weighted by Crippen LogP contribution is -2.28. The maximum Gasteiger partial charge on any atom is 0.387 e. The molecule has 0 unspecified atom stereocenters. The van der Waals surface area contributed by atoms with Gasteiger partial charge in [0.2, 0.25) is 0 Å². The van der Waals surface area contributed by atoms with E-state index < -0.39 is 23.5 Å². The first-order valence-corrected chi connectivity index (χ1v) is 7.12. The molecular weight excluding hydrogens is 338 g/mol. The van der Waals surface area contributed by atoms with Gasteiger partial charge < -0.3 is 15.2 Å². The molecule has 2 rings (SSSR count). The predicted octanol–water partition coefficient (Wildman–Crippen LogP) is 2.66. The highest BCUT2D eigenvalue weighted by molar-refractivity contribution is 5.94. The average molecular weight is 352 g/mol. The van der Waals surface area contributed by atoms with Crippen molar-refractivity contribution in [2.24, 2.45) is 0 Å². The molecule has 2 aromatic carbocycles. The second-order valence-corrected chi connectivity index (χ2v) is 4.98.